The van der Waals surface area contributed by atoms with Gasteiger partial charge in [0.15, 0.2) is 0 Å². The first-order chi connectivity index (χ1) is 10.1. The number of halogens is 2. The van der Waals surface area contributed by atoms with Crippen molar-refractivity contribution in [1.29, 1.82) is 0 Å². The van der Waals surface area contributed by atoms with Gasteiger partial charge in [0.2, 0.25) is 0 Å². The molecule has 1 heterocycles. The Morgan fingerprint density at radius 2 is 2.14 bits per heavy atom. The van der Waals surface area contributed by atoms with Crippen molar-refractivity contribution < 1.29 is 10.2 Å². The third-order valence-corrected chi connectivity index (χ3v) is 5.06. The van der Waals surface area contributed by atoms with Gasteiger partial charge in [-0.25, -0.2) is 0 Å². The van der Waals surface area contributed by atoms with E-state index >= 15 is 0 Å². The number of nitrogens with zero attached hydrogens (tertiary/aromatic N) is 1. The summed E-state index contributed by atoms with van der Waals surface area (Å²) < 4.78 is 0. The fourth-order valence-corrected chi connectivity index (χ4v) is 3.50. The minimum Gasteiger partial charge on any atom is -0.396 e. The van der Waals surface area contributed by atoms with Gasteiger partial charge in [-0.05, 0) is 44.7 Å². The zero-order chi connectivity index (χ0) is 15.2. The largest absolute Gasteiger partial charge is 0.396 e. The molecule has 0 saturated carbocycles. The molecule has 1 aromatic rings. The summed E-state index contributed by atoms with van der Waals surface area (Å²) in [6.45, 7) is 2.18. The number of rotatable bonds is 7. The maximum Gasteiger partial charge on any atom is 0.0817 e. The van der Waals surface area contributed by atoms with Crippen molar-refractivity contribution in [3.8, 4) is 0 Å². The van der Waals surface area contributed by atoms with Gasteiger partial charge in [-0.2, -0.15) is 0 Å². The van der Waals surface area contributed by atoms with Crippen LogP contribution in [0.25, 0.3) is 0 Å². The van der Waals surface area contributed by atoms with E-state index < -0.39 is 6.10 Å². The van der Waals surface area contributed by atoms with Gasteiger partial charge in [-0.15, -0.1) is 0 Å². The third kappa shape index (κ3) is 4.57. The van der Waals surface area contributed by atoms with Crippen LogP contribution in [0.4, 0.5) is 0 Å². The fourth-order valence-electron chi connectivity index (χ4n) is 3.06. The molecule has 1 aromatic carbocycles. The summed E-state index contributed by atoms with van der Waals surface area (Å²) in [6, 6.07) is 5.91. The molecule has 1 aliphatic heterocycles. The Morgan fingerprint density at radius 3 is 2.90 bits per heavy atom. The van der Waals surface area contributed by atoms with Gasteiger partial charge in [0.05, 0.1) is 16.1 Å². The average Bonchev–Trinajstić information content (AvgIpc) is 2.93. The van der Waals surface area contributed by atoms with Crippen LogP contribution in [-0.2, 0) is 0 Å². The van der Waals surface area contributed by atoms with E-state index in [1.54, 1.807) is 6.07 Å². The molecule has 21 heavy (non-hydrogen) atoms. The highest BCUT2D eigenvalue weighted by Crippen LogP contribution is 2.32. The van der Waals surface area contributed by atoms with Gasteiger partial charge in [-0.3, -0.25) is 0 Å². The van der Waals surface area contributed by atoms with Crippen LogP contribution in [0.5, 0.6) is 0 Å². The number of benzene rings is 1. The molecule has 2 unspecified atom stereocenters. The Kier molecular flexibility index (Phi) is 6.77. The van der Waals surface area contributed by atoms with Crippen LogP contribution in [0.1, 0.15) is 43.8 Å². The van der Waals surface area contributed by atoms with Crippen molar-refractivity contribution in [1.82, 2.24) is 4.90 Å². The highest BCUT2D eigenvalue weighted by molar-refractivity contribution is 6.42. The van der Waals surface area contributed by atoms with E-state index in [1.165, 1.54) is 12.8 Å². The molecule has 0 amide bonds. The van der Waals surface area contributed by atoms with Gasteiger partial charge in [0, 0.05) is 24.8 Å². The van der Waals surface area contributed by atoms with E-state index in [2.05, 4.69) is 4.90 Å². The lowest BCUT2D eigenvalue weighted by molar-refractivity contribution is 0.134. The molecule has 0 radical (unpaired) electrons. The van der Waals surface area contributed by atoms with Crippen LogP contribution in [0.2, 0.25) is 10.0 Å². The number of aliphatic hydroxyl groups excluding tert-OH is 2. The van der Waals surface area contributed by atoms with E-state index in [0.29, 0.717) is 28.1 Å². The molecular formula is C16H23Cl2NO2. The maximum absolute atomic E-state index is 10.3. The molecule has 0 spiro atoms. The first kappa shape index (κ1) is 17.0. The molecule has 5 heteroatoms. The molecule has 1 aliphatic rings. The summed E-state index contributed by atoms with van der Waals surface area (Å²) in [5.41, 5.74) is 0.704. The molecule has 118 valence electrons. The highest BCUT2D eigenvalue weighted by atomic mass is 35.5. The van der Waals surface area contributed by atoms with E-state index in [0.717, 1.165) is 25.9 Å². The van der Waals surface area contributed by atoms with Gasteiger partial charge in [0.1, 0.15) is 0 Å². The summed E-state index contributed by atoms with van der Waals surface area (Å²) in [4.78, 5) is 2.41. The summed E-state index contributed by atoms with van der Waals surface area (Å²) in [5.74, 6) is 0. The summed E-state index contributed by atoms with van der Waals surface area (Å²) in [5, 5.41) is 20.2. The lowest BCUT2D eigenvalue weighted by Crippen LogP contribution is -2.31. The quantitative estimate of drug-likeness (QED) is 0.801. The fraction of sp³-hybridized carbons (Fsp3) is 0.625. The number of hydrogen-bond donors (Lipinski definition) is 2. The van der Waals surface area contributed by atoms with E-state index in [4.69, 9.17) is 28.3 Å². The van der Waals surface area contributed by atoms with Crippen molar-refractivity contribution in [3.63, 3.8) is 0 Å². The van der Waals surface area contributed by atoms with E-state index in [-0.39, 0.29) is 6.61 Å². The molecule has 0 aromatic heterocycles. The van der Waals surface area contributed by atoms with Crippen LogP contribution >= 0.6 is 23.2 Å². The predicted molar refractivity (Wildman–Crippen MR) is 87.0 cm³/mol. The van der Waals surface area contributed by atoms with Crippen molar-refractivity contribution in [2.24, 2.45) is 0 Å². The lowest BCUT2D eigenvalue weighted by atomic mass is 10.1. The number of hydrogen-bond acceptors (Lipinski definition) is 3. The average molecular weight is 332 g/mol. The van der Waals surface area contributed by atoms with Crippen LogP contribution < -0.4 is 0 Å². The van der Waals surface area contributed by atoms with E-state index in [9.17, 15) is 5.11 Å². The van der Waals surface area contributed by atoms with Crippen LogP contribution in [0, 0.1) is 0 Å². The minimum absolute atomic E-state index is 0.255. The second-order valence-corrected chi connectivity index (χ2v) is 6.43. The topological polar surface area (TPSA) is 43.7 Å². The second-order valence-electron chi connectivity index (χ2n) is 5.65. The Labute approximate surface area is 136 Å². The van der Waals surface area contributed by atoms with Gasteiger partial charge in [0.25, 0.3) is 0 Å². The highest BCUT2D eigenvalue weighted by Gasteiger charge is 2.24. The first-order valence-electron chi connectivity index (χ1n) is 7.60. The van der Waals surface area contributed by atoms with Gasteiger partial charge >= 0.3 is 0 Å². The van der Waals surface area contributed by atoms with Crippen molar-refractivity contribution in [2.45, 2.75) is 44.2 Å². The normalized spacial score (nSPS) is 20.9. The zero-order valence-corrected chi connectivity index (χ0v) is 13.7. The molecular weight excluding hydrogens is 309 g/mol. The standard InChI is InChI=1S/C16H23Cl2NO2/c17-14-7-1-6-13(16(14)18)15(21)8-10-19-9-2-4-12(19)5-3-11-20/h1,6-7,12,15,20-21H,2-5,8-11H2. The third-order valence-electron chi connectivity index (χ3n) is 4.22. The monoisotopic (exact) mass is 331 g/mol. The van der Waals surface area contributed by atoms with Crippen molar-refractivity contribution >= 4 is 23.2 Å². The Morgan fingerprint density at radius 1 is 1.33 bits per heavy atom. The van der Waals surface area contributed by atoms with Gasteiger partial charge < -0.3 is 15.1 Å². The van der Waals surface area contributed by atoms with Crippen LogP contribution in [0.15, 0.2) is 18.2 Å². The molecule has 1 saturated heterocycles. The molecule has 2 atom stereocenters. The predicted octanol–water partition coefficient (Wildman–Crippen LogP) is 3.65. The van der Waals surface area contributed by atoms with Crippen molar-refractivity contribution in [2.75, 3.05) is 19.7 Å². The Hall–Kier alpha value is -0.320. The summed E-state index contributed by atoms with van der Waals surface area (Å²) >= 11 is 12.1. The summed E-state index contributed by atoms with van der Waals surface area (Å²) in [7, 11) is 0. The smallest absolute Gasteiger partial charge is 0.0817 e. The zero-order valence-electron chi connectivity index (χ0n) is 12.1. The number of likely N-dealkylation sites (tertiary alicyclic amines) is 1. The van der Waals surface area contributed by atoms with Crippen LogP contribution in [0.3, 0.4) is 0 Å². The van der Waals surface area contributed by atoms with Crippen molar-refractivity contribution in [3.05, 3.63) is 33.8 Å². The molecule has 0 bridgehead atoms. The SMILES string of the molecule is OCCCC1CCCN1CCC(O)c1cccc(Cl)c1Cl. The van der Waals surface area contributed by atoms with Gasteiger partial charge in [-0.1, -0.05) is 35.3 Å². The van der Waals surface area contributed by atoms with E-state index in [1.807, 2.05) is 12.1 Å². The number of aliphatic hydroxyl groups is 2. The molecule has 2 rings (SSSR count). The second kappa shape index (κ2) is 8.35. The molecule has 2 N–H and O–H groups in total. The molecule has 1 fully saturated rings. The Bertz CT molecular complexity index is 456. The first-order valence-corrected chi connectivity index (χ1v) is 8.36. The Balaban J connectivity index is 1.88. The lowest BCUT2D eigenvalue weighted by Gasteiger charge is -2.25. The molecule has 3 nitrogen and oxygen atoms in total. The van der Waals surface area contributed by atoms with Crippen LogP contribution in [-0.4, -0.2) is 40.9 Å². The molecule has 0 aliphatic carbocycles. The summed E-state index contributed by atoms with van der Waals surface area (Å²) in [6.07, 6.45) is 4.33. The maximum atomic E-state index is 10.3. The minimum atomic E-state index is -0.588.